The zero-order valence-corrected chi connectivity index (χ0v) is 17.8. The first-order valence-electron chi connectivity index (χ1n) is 10.9. The van der Waals surface area contributed by atoms with Crippen LogP contribution in [0.3, 0.4) is 0 Å². The fourth-order valence-electron chi connectivity index (χ4n) is 4.58. The Hall–Kier alpha value is -2.70. The monoisotopic (exact) mass is 411 g/mol. The lowest BCUT2D eigenvalue weighted by atomic mass is 9.78. The first-order chi connectivity index (χ1) is 14.3. The number of esters is 1. The lowest BCUT2D eigenvalue weighted by Gasteiger charge is -2.35. The van der Waals surface area contributed by atoms with E-state index in [9.17, 15) is 14.4 Å². The number of aromatic nitrogens is 2. The Labute approximate surface area is 175 Å². The van der Waals surface area contributed by atoms with E-state index in [0.717, 1.165) is 31.5 Å². The summed E-state index contributed by atoms with van der Waals surface area (Å²) in [6, 6.07) is 4.86. The van der Waals surface area contributed by atoms with Crippen LogP contribution in [0.2, 0.25) is 0 Å². The maximum Gasteiger partial charge on any atom is 0.338 e. The van der Waals surface area contributed by atoms with Gasteiger partial charge in [-0.2, -0.15) is 0 Å². The average molecular weight is 412 g/mol. The van der Waals surface area contributed by atoms with Crippen LogP contribution in [0.25, 0.3) is 10.9 Å². The zero-order valence-electron chi connectivity index (χ0n) is 17.8. The molecule has 4 unspecified atom stereocenters. The highest BCUT2D eigenvalue weighted by Crippen LogP contribution is 2.29. The zero-order chi connectivity index (χ0) is 21.4. The van der Waals surface area contributed by atoms with Gasteiger partial charge in [-0.1, -0.05) is 26.7 Å². The van der Waals surface area contributed by atoms with Gasteiger partial charge in [0.1, 0.15) is 5.82 Å². The van der Waals surface area contributed by atoms with E-state index in [1.54, 1.807) is 29.7 Å². The van der Waals surface area contributed by atoms with Crippen molar-refractivity contribution in [1.82, 2.24) is 14.9 Å². The van der Waals surface area contributed by atoms with Crippen molar-refractivity contribution in [3.8, 4) is 0 Å². The highest BCUT2D eigenvalue weighted by molar-refractivity contribution is 5.95. The lowest BCUT2D eigenvalue weighted by molar-refractivity contribution is -0.130. The second kappa shape index (κ2) is 8.20. The number of aryl methyl sites for hydroxylation is 1. The maximum atomic E-state index is 12.6. The molecule has 0 saturated heterocycles. The van der Waals surface area contributed by atoms with E-state index in [-0.39, 0.29) is 23.1 Å². The quantitative estimate of drug-likeness (QED) is 0.782. The van der Waals surface area contributed by atoms with Gasteiger partial charge in [-0.15, -0.1) is 0 Å². The van der Waals surface area contributed by atoms with Crippen LogP contribution in [0.1, 0.15) is 62.6 Å². The van der Waals surface area contributed by atoms with Crippen molar-refractivity contribution in [2.45, 2.75) is 71.6 Å². The molecule has 1 amide bonds. The van der Waals surface area contributed by atoms with Crippen molar-refractivity contribution >= 4 is 22.8 Å². The molecular formula is C23H29N3O4. The van der Waals surface area contributed by atoms with Gasteiger partial charge in [0.2, 0.25) is 0 Å². The number of rotatable bonds is 4. The standard InChI is InChI=1S/C23H29N3O4/c1-13-6-4-7-18(14(13)2)25-21(27)15(3)30-23(29)16-9-10-17-19(12-16)24-20-8-5-11-26(20)22(17)28/h9-10,12-15,18H,4-8,11H2,1-3H3,(H,25,27). The largest absolute Gasteiger partial charge is 0.449 e. The molecule has 1 aromatic carbocycles. The van der Waals surface area contributed by atoms with Gasteiger partial charge in [-0.05, 0) is 49.8 Å². The van der Waals surface area contributed by atoms with Crippen LogP contribution in [0, 0.1) is 11.8 Å². The molecule has 1 aliphatic carbocycles. The van der Waals surface area contributed by atoms with E-state index in [2.05, 4.69) is 24.1 Å². The third-order valence-electron chi connectivity index (χ3n) is 6.74. The Morgan fingerprint density at radius 1 is 1.23 bits per heavy atom. The number of benzene rings is 1. The summed E-state index contributed by atoms with van der Waals surface area (Å²) in [4.78, 5) is 42.3. The van der Waals surface area contributed by atoms with Crippen LogP contribution in [0.5, 0.6) is 0 Å². The van der Waals surface area contributed by atoms with Gasteiger partial charge in [0.25, 0.3) is 11.5 Å². The predicted octanol–water partition coefficient (Wildman–Crippen LogP) is 2.83. The molecule has 1 saturated carbocycles. The van der Waals surface area contributed by atoms with Crippen LogP contribution >= 0.6 is 0 Å². The Balaban J connectivity index is 1.45. The molecule has 4 rings (SSSR count). The van der Waals surface area contributed by atoms with Gasteiger partial charge in [0.05, 0.1) is 16.5 Å². The third-order valence-corrected chi connectivity index (χ3v) is 6.74. The van der Waals surface area contributed by atoms with Gasteiger partial charge < -0.3 is 10.1 Å². The van der Waals surface area contributed by atoms with Crippen LogP contribution in [-0.4, -0.2) is 33.6 Å². The van der Waals surface area contributed by atoms with Gasteiger partial charge in [0.15, 0.2) is 6.10 Å². The maximum absolute atomic E-state index is 12.6. The number of nitrogens with one attached hydrogen (secondary N) is 1. The molecule has 0 radical (unpaired) electrons. The van der Waals surface area contributed by atoms with E-state index in [1.807, 2.05) is 0 Å². The number of hydrogen-bond donors (Lipinski definition) is 1. The Morgan fingerprint density at radius 3 is 2.83 bits per heavy atom. The topological polar surface area (TPSA) is 90.3 Å². The minimum Gasteiger partial charge on any atom is -0.449 e. The molecule has 2 aromatic rings. The predicted molar refractivity (Wildman–Crippen MR) is 113 cm³/mol. The first-order valence-corrected chi connectivity index (χ1v) is 10.9. The average Bonchev–Trinajstić information content (AvgIpc) is 3.19. The second-order valence-electron chi connectivity index (χ2n) is 8.75. The van der Waals surface area contributed by atoms with Crippen molar-refractivity contribution in [3.63, 3.8) is 0 Å². The second-order valence-corrected chi connectivity index (χ2v) is 8.75. The summed E-state index contributed by atoms with van der Waals surface area (Å²) in [5, 5.41) is 3.54. The number of amides is 1. The molecule has 0 bridgehead atoms. The summed E-state index contributed by atoms with van der Waals surface area (Å²) >= 11 is 0. The number of carbonyl (C=O) groups excluding carboxylic acids is 2. The third kappa shape index (κ3) is 3.85. The van der Waals surface area contributed by atoms with Crippen LogP contribution in [0.4, 0.5) is 0 Å². The number of nitrogens with zero attached hydrogens (tertiary/aromatic N) is 2. The molecule has 1 N–H and O–H groups in total. The summed E-state index contributed by atoms with van der Waals surface area (Å²) in [5.74, 6) is 0.855. The van der Waals surface area contributed by atoms with E-state index in [4.69, 9.17) is 4.74 Å². The summed E-state index contributed by atoms with van der Waals surface area (Å²) in [5.41, 5.74) is 0.706. The highest BCUT2D eigenvalue weighted by Gasteiger charge is 2.30. The van der Waals surface area contributed by atoms with E-state index in [1.165, 1.54) is 6.42 Å². The minimum atomic E-state index is -0.892. The van der Waals surface area contributed by atoms with E-state index >= 15 is 0 Å². The SMILES string of the molecule is CC(OC(=O)c1ccc2c(=O)n3c(nc2c1)CCC3)C(=O)NC1CCCC(C)C1C. The molecule has 1 aromatic heterocycles. The molecule has 1 aliphatic heterocycles. The molecule has 0 spiro atoms. The molecule has 7 nitrogen and oxygen atoms in total. The lowest BCUT2D eigenvalue weighted by Crippen LogP contribution is -2.47. The van der Waals surface area contributed by atoms with E-state index in [0.29, 0.717) is 29.3 Å². The van der Waals surface area contributed by atoms with Crippen molar-refractivity contribution in [1.29, 1.82) is 0 Å². The molecule has 2 aliphatic rings. The highest BCUT2D eigenvalue weighted by atomic mass is 16.5. The molecule has 30 heavy (non-hydrogen) atoms. The van der Waals surface area contributed by atoms with Crippen molar-refractivity contribution in [3.05, 3.63) is 39.9 Å². The summed E-state index contributed by atoms with van der Waals surface area (Å²) in [6.07, 6.45) is 4.00. The Kier molecular flexibility index (Phi) is 5.62. The fraction of sp³-hybridized carbons (Fsp3) is 0.565. The number of fused-ring (bicyclic) bond motifs is 2. The van der Waals surface area contributed by atoms with Gasteiger partial charge in [-0.25, -0.2) is 9.78 Å². The first kappa shape index (κ1) is 20.6. The molecule has 7 heteroatoms. The van der Waals surface area contributed by atoms with Crippen LogP contribution < -0.4 is 10.9 Å². The number of ether oxygens (including phenoxy) is 1. The molecular weight excluding hydrogens is 382 g/mol. The smallest absolute Gasteiger partial charge is 0.338 e. The minimum absolute atomic E-state index is 0.0732. The Bertz CT molecular complexity index is 1040. The van der Waals surface area contributed by atoms with Crippen molar-refractivity contribution in [2.75, 3.05) is 0 Å². The summed E-state index contributed by atoms with van der Waals surface area (Å²) < 4.78 is 7.11. The number of hydrogen-bond acceptors (Lipinski definition) is 5. The number of carbonyl (C=O) groups is 2. The van der Waals surface area contributed by atoms with E-state index < -0.39 is 12.1 Å². The fourth-order valence-corrected chi connectivity index (χ4v) is 4.58. The van der Waals surface area contributed by atoms with Gasteiger partial charge in [-0.3, -0.25) is 14.2 Å². The molecule has 4 atom stereocenters. The molecule has 160 valence electrons. The molecule has 1 fully saturated rings. The summed E-state index contributed by atoms with van der Waals surface area (Å²) in [6.45, 7) is 6.64. The van der Waals surface area contributed by atoms with Gasteiger partial charge in [0, 0.05) is 19.0 Å². The van der Waals surface area contributed by atoms with Crippen molar-refractivity contribution in [2.24, 2.45) is 11.8 Å². The van der Waals surface area contributed by atoms with Gasteiger partial charge >= 0.3 is 5.97 Å². The van der Waals surface area contributed by atoms with Crippen LogP contribution in [-0.2, 0) is 22.5 Å². The van der Waals surface area contributed by atoms with Crippen LogP contribution in [0.15, 0.2) is 23.0 Å². The molecule has 2 heterocycles. The normalized spacial score (nSPS) is 24.3. The Morgan fingerprint density at radius 2 is 2.03 bits per heavy atom. The van der Waals surface area contributed by atoms with Crippen molar-refractivity contribution < 1.29 is 14.3 Å². The summed E-state index contributed by atoms with van der Waals surface area (Å²) in [7, 11) is 0.